The molecule has 1 heterocycles. The number of aromatic nitrogens is 2. The summed E-state index contributed by atoms with van der Waals surface area (Å²) in [4.78, 5) is 8.13. The molecule has 14 heavy (non-hydrogen) atoms. The first-order valence-corrected chi connectivity index (χ1v) is 4.84. The second kappa shape index (κ2) is 4.91. The molecular weight excluding hydrogens is 176 g/mol. The van der Waals surface area contributed by atoms with Gasteiger partial charge in [-0.1, -0.05) is 0 Å². The molecule has 0 spiro atoms. The van der Waals surface area contributed by atoms with Gasteiger partial charge in [0, 0.05) is 31.0 Å². The summed E-state index contributed by atoms with van der Waals surface area (Å²) in [5, 5.41) is 6.51. The molecule has 0 unspecified atom stereocenters. The summed E-state index contributed by atoms with van der Waals surface area (Å²) in [6, 6.07) is 1.80. The Kier molecular flexibility index (Phi) is 3.83. The fourth-order valence-electron chi connectivity index (χ4n) is 1.00. The van der Waals surface area contributed by atoms with Gasteiger partial charge in [-0.25, -0.2) is 9.97 Å². The minimum atomic E-state index is 0.166. The third-order valence-corrected chi connectivity index (χ3v) is 1.63. The second-order valence-electron chi connectivity index (χ2n) is 4.18. The van der Waals surface area contributed by atoms with Gasteiger partial charge in [-0.05, 0) is 26.8 Å². The van der Waals surface area contributed by atoms with Gasteiger partial charge in [0.05, 0.1) is 0 Å². The molecule has 1 rings (SSSR count). The maximum atomic E-state index is 4.06. The van der Waals surface area contributed by atoms with E-state index in [1.165, 1.54) is 0 Å². The fourth-order valence-corrected chi connectivity index (χ4v) is 1.00. The SMILES string of the molecule is CC(C)(C)NCCNc1ncccn1. The van der Waals surface area contributed by atoms with Crippen LogP contribution in [0.3, 0.4) is 0 Å². The topological polar surface area (TPSA) is 49.8 Å². The van der Waals surface area contributed by atoms with Gasteiger partial charge in [-0.3, -0.25) is 0 Å². The molecule has 0 amide bonds. The highest BCUT2D eigenvalue weighted by molar-refractivity contribution is 5.21. The zero-order valence-corrected chi connectivity index (χ0v) is 9.04. The highest BCUT2D eigenvalue weighted by Crippen LogP contribution is 1.97. The predicted octanol–water partition coefficient (Wildman–Crippen LogP) is 1.28. The number of nitrogens with zero attached hydrogens (tertiary/aromatic N) is 2. The first kappa shape index (κ1) is 10.9. The number of nitrogens with one attached hydrogen (secondary N) is 2. The first-order valence-electron chi connectivity index (χ1n) is 4.84. The van der Waals surface area contributed by atoms with Crippen LogP contribution in [0.2, 0.25) is 0 Å². The Bertz CT molecular complexity index is 253. The van der Waals surface area contributed by atoms with Gasteiger partial charge in [-0.2, -0.15) is 0 Å². The van der Waals surface area contributed by atoms with Crippen LogP contribution in [0.4, 0.5) is 5.95 Å². The van der Waals surface area contributed by atoms with Crippen LogP contribution in [0.25, 0.3) is 0 Å². The van der Waals surface area contributed by atoms with Crippen LogP contribution in [-0.2, 0) is 0 Å². The zero-order valence-electron chi connectivity index (χ0n) is 9.04. The quantitative estimate of drug-likeness (QED) is 0.709. The van der Waals surface area contributed by atoms with E-state index in [0.29, 0.717) is 5.95 Å². The van der Waals surface area contributed by atoms with Gasteiger partial charge in [-0.15, -0.1) is 0 Å². The minimum absolute atomic E-state index is 0.166. The van der Waals surface area contributed by atoms with Crippen molar-refractivity contribution in [2.75, 3.05) is 18.4 Å². The summed E-state index contributed by atoms with van der Waals surface area (Å²) in [5.41, 5.74) is 0.166. The van der Waals surface area contributed by atoms with Crippen molar-refractivity contribution in [2.24, 2.45) is 0 Å². The average Bonchev–Trinajstić information content (AvgIpc) is 2.13. The molecule has 4 nitrogen and oxygen atoms in total. The maximum Gasteiger partial charge on any atom is 0.222 e. The smallest absolute Gasteiger partial charge is 0.222 e. The molecule has 0 radical (unpaired) electrons. The lowest BCUT2D eigenvalue weighted by Crippen LogP contribution is -2.38. The van der Waals surface area contributed by atoms with E-state index in [1.807, 2.05) is 0 Å². The third-order valence-electron chi connectivity index (χ3n) is 1.63. The highest BCUT2D eigenvalue weighted by atomic mass is 15.1. The van der Waals surface area contributed by atoms with Crippen molar-refractivity contribution in [1.82, 2.24) is 15.3 Å². The zero-order chi connectivity index (χ0) is 10.4. The van der Waals surface area contributed by atoms with Crippen LogP contribution in [0, 0.1) is 0 Å². The van der Waals surface area contributed by atoms with E-state index < -0.39 is 0 Å². The molecule has 0 aliphatic rings. The van der Waals surface area contributed by atoms with Crippen molar-refractivity contribution in [3.63, 3.8) is 0 Å². The molecule has 2 N–H and O–H groups in total. The van der Waals surface area contributed by atoms with Gasteiger partial charge in [0.25, 0.3) is 0 Å². The van der Waals surface area contributed by atoms with Crippen molar-refractivity contribution in [3.8, 4) is 0 Å². The van der Waals surface area contributed by atoms with E-state index >= 15 is 0 Å². The Morgan fingerprint density at radius 2 is 1.79 bits per heavy atom. The van der Waals surface area contributed by atoms with Crippen LogP contribution >= 0.6 is 0 Å². The molecule has 0 fully saturated rings. The first-order chi connectivity index (χ1) is 6.58. The van der Waals surface area contributed by atoms with E-state index in [2.05, 4.69) is 41.4 Å². The second-order valence-corrected chi connectivity index (χ2v) is 4.18. The van der Waals surface area contributed by atoms with Gasteiger partial charge in [0.1, 0.15) is 0 Å². The lowest BCUT2D eigenvalue weighted by molar-refractivity contribution is 0.435. The van der Waals surface area contributed by atoms with Gasteiger partial charge < -0.3 is 10.6 Å². The van der Waals surface area contributed by atoms with Crippen LogP contribution in [0.15, 0.2) is 18.5 Å². The molecule has 0 aromatic carbocycles. The molecular formula is C10H18N4. The summed E-state index contributed by atoms with van der Waals surface area (Å²) < 4.78 is 0. The summed E-state index contributed by atoms with van der Waals surface area (Å²) in [6.45, 7) is 8.17. The molecule has 4 heteroatoms. The Hall–Kier alpha value is -1.16. The van der Waals surface area contributed by atoms with Crippen molar-refractivity contribution in [1.29, 1.82) is 0 Å². The summed E-state index contributed by atoms with van der Waals surface area (Å²) in [7, 11) is 0. The molecule has 1 aromatic heterocycles. The molecule has 0 atom stereocenters. The third kappa shape index (κ3) is 4.77. The summed E-state index contributed by atoms with van der Waals surface area (Å²) in [6.07, 6.45) is 3.46. The van der Waals surface area contributed by atoms with E-state index in [9.17, 15) is 0 Å². The van der Waals surface area contributed by atoms with Crippen molar-refractivity contribution >= 4 is 5.95 Å². The highest BCUT2D eigenvalue weighted by Gasteiger charge is 2.06. The van der Waals surface area contributed by atoms with Crippen molar-refractivity contribution < 1.29 is 0 Å². The number of hydrogen-bond acceptors (Lipinski definition) is 4. The molecule has 0 saturated carbocycles. The largest absolute Gasteiger partial charge is 0.353 e. The fraction of sp³-hybridized carbons (Fsp3) is 0.600. The number of hydrogen-bond donors (Lipinski definition) is 2. The van der Waals surface area contributed by atoms with Gasteiger partial charge in [0.15, 0.2) is 0 Å². The maximum absolute atomic E-state index is 4.06. The van der Waals surface area contributed by atoms with Crippen molar-refractivity contribution in [3.05, 3.63) is 18.5 Å². The van der Waals surface area contributed by atoms with Crippen LogP contribution < -0.4 is 10.6 Å². The number of anilines is 1. The molecule has 0 aliphatic heterocycles. The average molecular weight is 194 g/mol. The molecule has 0 bridgehead atoms. The molecule has 0 saturated heterocycles. The van der Waals surface area contributed by atoms with Crippen molar-refractivity contribution in [2.45, 2.75) is 26.3 Å². The van der Waals surface area contributed by atoms with E-state index in [-0.39, 0.29) is 5.54 Å². The normalized spacial score (nSPS) is 11.4. The Morgan fingerprint density at radius 1 is 1.14 bits per heavy atom. The Balaban J connectivity index is 2.17. The van der Waals surface area contributed by atoms with E-state index in [1.54, 1.807) is 18.5 Å². The lowest BCUT2D eigenvalue weighted by Gasteiger charge is -2.20. The molecule has 1 aromatic rings. The lowest BCUT2D eigenvalue weighted by atomic mass is 10.1. The van der Waals surface area contributed by atoms with Crippen LogP contribution in [0.1, 0.15) is 20.8 Å². The summed E-state index contributed by atoms with van der Waals surface area (Å²) >= 11 is 0. The van der Waals surface area contributed by atoms with E-state index in [0.717, 1.165) is 13.1 Å². The monoisotopic (exact) mass is 194 g/mol. The Labute approximate surface area is 85.2 Å². The minimum Gasteiger partial charge on any atom is -0.353 e. The Morgan fingerprint density at radius 3 is 2.36 bits per heavy atom. The number of rotatable bonds is 4. The predicted molar refractivity (Wildman–Crippen MR) is 58.3 cm³/mol. The summed E-state index contributed by atoms with van der Waals surface area (Å²) in [5.74, 6) is 0.684. The standard InChI is InChI=1S/C10H18N4/c1-10(2,3)14-8-7-13-9-11-5-4-6-12-9/h4-6,14H,7-8H2,1-3H3,(H,11,12,13). The van der Waals surface area contributed by atoms with Gasteiger partial charge in [0.2, 0.25) is 5.95 Å². The van der Waals surface area contributed by atoms with Crippen LogP contribution in [-0.4, -0.2) is 28.6 Å². The van der Waals surface area contributed by atoms with Crippen LogP contribution in [0.5, 0.6) is 0 Å². The van der Waals surface area contributed by atoms with Gasteiger partial charge >= 0.3 is 0 Å². The van der Waals surface area contributed by atoms with E-state index in [4.69, 9.17) is 0 Å². The molecule has 78 valence electrons. The molecule has 0 aliphatic carbocycles.